The van der Waals surface area contributed by atoms with E-state index in [0.29, 0.717) is 26.1 Å². The summed E-state index contributed by atoms with van der Waals surface area (Å²) >= 11 is 11.3. The number of rotatable bonds is 9. The molecule has 0 spiro atoms. The highest BCUT2D eigenvalue weighted by atomic mass is 35.5. The van der Waals surface area contributed by atoms with Gasteiger partial charge < -0.3 is 13.8 Å². The van der Waals surface area contributed by atoms with Gasteiger partial charge in [-0.3, -0.25) is 4.79 Å². The minimum atomic E-state index is -3.57. The number of nitrogens with zero attached hydrogens (tertiary/aromatic N) is 1. The molecule has 0 heterocycles. The van der Waals surface area contributed by atoms with Gasteiger partial charge in [0.2, 0.25) is 0 Å². The van der Waals surface area contributed by atoms with Crippen LogP contribution < -0.4 is 4.18 Å². The average Bonchev–Trinajstić information content (AvgIpc) is 2.46. The summed E-state index contributed by atoms with van der Waals surface area (Å²) in [5, 5.41) is 0. The van der Waals surface area contributed by atoms with Crippen molar-refractivity contribution in [3.8, 4) is 5.75 Å². The third-order valence-corrected chi connectivity index (χ3v) is 3.69. The second-order valence-corrected chi connectivity index (χ2v) is 7.51. The Morgan fingerprint density at radius 3 is 2.35 bits per heavy atom. The molecule has 0 aliphatic heterocycles. The fraction of sp³-hybridized carbons (Fsp3) is 0.500. The summed E-state index contributed by atoms with van der Waals surface area (Å²) in [5.41, 5.74) is 0.797. The number of hydrogen-bond acceptors (Lipinski definition) is 5. The zero-order chi connectivity index (χ0) is 17.5. The van der Waals surface area contributed by atoms with Crippen molar-refractivity contribution in [1.82, 2.24) is 4.90 Å². The average molecular weight is 384 g/mol. The van der Waals surface area contributed by atoms with E-state index in [1.165, 1.54) is 17.0 Å². The molecule has 0 aromatic heterocycles. The molecule has 0 saturated carbocycles. The molecule has 130 valence electrons. The van der Waals surface area contributed by atoms with Crippen molar-refractivity contribution in [3.63, 3.8) is 0 Å². The van der Waals surface area contributed by atoms with Crippen molar-refractivity contribution in [2.24, 2.45) is 0 Å². The van der Waals surface area contributed by atoms with Crippen molar-refractivity contribution >= 4 is 39.2 Å². The molecule has 0 aliphatic carbocycles. The molecule has 0 bridgehead atoms. The summed E-state index contributed by atoms with van der Waals surface area (Å²) in [5.74, 6) is -0.179. The molecule has 9 heteroatoms. The van der Waals surface area contributed by atoms with Gasteiger partial charge in [-0.1, -0.05) is 35.3 Å². The van der Waals surface area contributed by atoms with E-state index >= 15 is 0 Å². The van der Waals surface area contributed by atoms with E-state index in [1.807, 2.05) is 0 Å². The molecule has 0 aliphatic rings. The Balaban J connectivity index is 2.76. The molecule has 0 radical (unpaired) electrons. The van der Waals surface area contributed by atoms with Gasteiger partial charge in [-0.25, -0.2) is 0 Å². The van der Waals surface area contributed by atoms with Crippen LogP contribution in [0.2, 0.25) is 0 Å². The summed E-state index contributed by atoms with van der Waals surface area (Å²) in [6.07, 6.45) is 1.62. The number of methoxy groups -OCH3 is 1. The molecule has 6 nitrogen and oxygen atoms in total. The number of halogens is 2. The molecule has 23 heavy (non-hydrogen) atoms. The third kappa shape index (κ3) is 7.87. The van der Waals surface area contributed by atoms with Crippen LogP contribution in [0.5, 0.6) is 5.75 Å². The fourth-order valence-electron chi connectivity index (χ4n) is 1.85. The Labute approximate surface area is 146 Å². The first-order valence-corrected chi connectivity index (χ1v) is 9.46. The lowest BCUT2D eigenvalue weighted by molar-refractivity contribution is -0.130. The first-order chi connectivity index (χ1) is 10.7. The van der Waals surface area contributed by atoms with Crippen molar-refractivity contribution in [1.29, 1.82) is 0 Å². The predicted octanol–water partition coefficient (Wildman–Crippen LogP) is 2.19. The number of alkyl halides is 2. The zero-order valence-electron chi connectivity index (χ0n) is 12.9. The van der Waals surface area contributed by atoms with E-state index in [1.54, 1.807) is 19.2 Å². The van der Waals surface area contributed by atoms with Crippen LogP contribution in [0.15, 0.2) is 24.3 Å². The number of hydrogen-bond donors (Lipinski definition) is 0. The summed E-state index contributed by atoms with van der Waals surface area (Å²) in [6, 6.07) is 6.39. The predicted molar refractivity (Wildman–Crippen MR) is 89.3 cm³/mol. The molecule has 1 rings (SSSR count). The van der Waals surface area contributed by atoms with Gasteiger partial charge in [0, 0.05) is 26.8 Å². The Morgan fingerprint density at radius 2 is 1.87 bits per heavy atom. The van der Waals surface area contributed by atoms with Gasteiger partial charge >= 0.3 is 10.1 Å². The first kappa shape index (κ1) is 20.0. The lowest BCUT2D eigenvalue weighted by atomic mass is 10.2. The maximum Gasteiger partial charge on any atom is 0.306 e. The number of carbonyl (C=O) groups is 1. The van der Waals surface area contributed by atoms with Crippen LogP contribution in [0.1, 0.15) is 12.0 Å². The van der Waals surface area contributed by atoms with Gasteiger partial charge in [-0.2, -0.15) is 8.42 Å². The van der Waals surface area contributed by atoms with Gasteiger partial charge in [-0.05, 0) is 24.1 Å². The normalized spacial score (nSPS) is 11.5. The van der Waals surface area contributed by atoms with E-state index in [0.717, 1.165) is 11.8 Å². The standard InChI is InChI=1S/C14H19Cl2NO5S/c1-21-9-3-8-17(14(18)13(15)16)10-11-4-6-12(7-5-11)22-23(2,19)20/h4-7,13H,3,8-10H2,1-2H3. The van der Waals surface area contributed by atoms with E-state index in [4.69, 9.17) is 32.1 Å². The van der Waals surface area contributed by atoms with Crippen LogP contribution in [-0.2, 0) is 26.2 Å². The quantitative estimate of drug-likeness (QED) is 0.371. The minimum Gasteiger partial charge on any atom is -0.385 e. The van der Waals surface area contributed by atoms with Gasteiger partial charge in [0.15, 0.2) is 4.84 Å². The van der Waals surface area contributed by atoms with Crippen LogP contribution in [0.3, 0.4) is 0 Å². The summed E-state index contributed by atoms with van der Waals surface area (Å²) in [4.78, 5) is 12.4. The van der Waals surface area contributed by atoms with Crippen molar-refractivity contribution < 1.29 is 22.1 Å². The van der Waals surface area contributed by atoms with E-state index in [2.05, 4.69) is 0 Å². The molecule has 1 amide bonds. The largest absolute Gasteiger partial charge is 0.385 e. The van der Waals surface area contributed by atoms with Gasteiger partial charge in [0.25, 0.3) is 5.91 Å². The number of amides is 1. The van der Waals surface area contributed by atoms with Crippen LogP contribution in [0.4, 0.5) is 0 Å². The summed E-state index contributed by atoms with van der Waals surface area (Å²) in [7, 11) is -1.98. The zero-order valence-corrected chi connectivity index (χ0v) is 15.2. The highest BCUT2D eigenvalue weighted by Gasteiger charge is 2.20. The molecule has 1 aromatic carbocycles. The molecule has 0 fully saturated rings. The molecule has 0 unspecified atom stereocenters. The van der Waals surface area contributed by atoms with E-state index in [-0.39, 0.29) is 11.7 Å². The highest BCUT2D eigenvalue weighted by Crippen LogP contribution is 2.17. The Bertz CT molecular complexity index is 604. The summed E-state index contributed by atoms with van der Waals surface area (Å²) in [6.45, 7) is 1.27. The van der Waals surface area contributed by atoms with Gasteiger partial charge in [-0.15, -0.1) is 0 Å². The Hall–Kier alpha value is -1.02. The van der Waals surface area contributed by atoms with Crippen molar-refractivity contribution in [3.05, 3.63) is 29.8 Å². The minimum absolute atomic E-state index is 0.209. The maximum atomic E-state index is 12.0. The SMILES string of the molecule is COCCCN(Cc1ccc(OS(C)(=O)=O)cc1)C(=O)C(Cl)Cl. The Kier molecular flexibility index (Phi) is 8.11. The third-order valence-electron chi connectivity index (χ3n) is 2.82. The molecule has 0 N–H and O–H groups in total. The molecule has 0 saturated heterocycles. The van der Waals surface area contributed by atoms with Crippen LogP contribution in [0.25, 0.3) is 0 Å². The number of carbonyl (C=O) groups excluding carboxylic acids is 1. The maximum absolute atomic E-state index is 12.0. The van der Waals surface area contributed by atoms with E-state index in [9.17, 15) is 13.2 Å². The monoisotopic (exact) mass is 383 g/mol. The highest BCUT2D eigenvalue weighted by molar-refractivity contribution is 7.86. The molecule has 1 aromatic rings. The second kappa shape index (κ2) is 9.32. The summed E-state index contributed by atoms with van der Waals surface area (Å²) < 4.78 is 31.8. The molecule has 0 atom stereocenters. The number of benzene rings is 1. The number of ether oxygens (including phenoxy) is 1. The Morgan fingerprint density at radius 1 is 1.26 bits per heavy atom. The topological polar surface area (TPSA) is 72.9 Å². The van der Waals surface area contributed by atoms with Crippen molar-refractivity contribution in [2.75, 3.05) is 26.5 Å². The smallest absolute Gasteiger partial charge is 0.306 e. The first-order valence-electron chi connectivity index (χ1n) is 6.77. The fourth-order valence-corrected chi connectivity index (χ4v) is 2.59. The lowest BCUT2D eigenvalue weighted by Crippen LogP contribution is -2.35. The molecular weight excluding hydrogens is 365 g/mol. The van der Waals surface area contributed by atoms with Gasteiger partial charge in [0.1, 0.15) is 5.75 Å². The molecular formula is C14H19Cl2NO5S. The van der Waals surface area contributed by atoms with Crippen LogP contribution >= 0.6 is 23.2 Å². The lowest BCUT2D eigenvalue weighted by Gasteiger charge is -2.23. The van der Waals surface area contributed by atoms with Crippen LogP contribution in [0, 0.1) is 0 Å². The van der Waals surface area contributed by atoms with Crippen LogP contribution in [-0.4, -0.2) is 50.6 Å². The van der Waals surface area contributed by atoms with Crippen molar-refractivity contribution in [2.45, 2.75) is 17.8 Å². The van der Waals surface area contributed by atoms with Gasteiger partial charge in [0.05, 0.1) is 6.26 Å². The second-order valence-electron chi connectivity index (χ2n) is 4.84. The van der Waals surface area contributed by atoms with E-state index < -0.39 is 15.0 Å².